The number of ketones is 1. The average Bonchev–Trinajstić information content (AvgIpc) is 2.26. The number of hydrogen-bond donors (Lipinski definition) is 1. The third kappa shape index (κ3) is 3.32. The van der Waals surface area contributed by atoms with Gasteiger partial charge in [-0.3, -0.25) is 4.79 Å². The van der Waals surface area contributed by atoms with E-state index in [4.69, 9.17) is 10.5 Å². The van der Waals surface area contributed by atoms with E-state index < -0.39 is 5.82 Å². The van der Waals surface area contributed by atoms with Crippen molar-refractivity contribution in [3.63, 3.8) is 0 Å². The highest BCUT2D eigenvalue weighted by molar-refractivity contribution is 9.10. The molecule has 0 heterocycles. The monoisotopic (exact) mass is 323 g/mol. The summed E-state index contributed by atoms with van der Waals surface area (Å²) in [6, 6.07) is 8.97. The second-order valence-corrected chi connectivity index (χ2v) is 4.93. The first kappa shape index (κ1) is 13.5. The number of halogens is 2. The van der Waals surface area contributed by atoms with Gasteiger partial charge in [0.25, 0.3) is 0 Å². The molecule has 2 aromatic rings. The van der Waals surface area contributed by atoms with Gasteiger partial charge in [0.05, 0.1) is 0 Å². The molecule has 19 heavy (non-hydrogen) atoms. The van der Waals surface area contributed by atoms with Gasteiger partial charge in [-0.05, 0) is 31.2 Å². The lowest BCUT2D eigenvalue weighted by Crippen LogP contribution is -1.99. The normalized spacial score (nSPS) is 10.3. The molecule has 0 atom stereocenters. The van der Waals surface area contributed by atoms with Crippen LogP contribution in [0, 0.1) is 5.82 Å². The SMILES string of the molecule is CC(=O)c1ccc(Oc2cc(F)cc(Br)c2)cc1N. The van der Waals surface area contributed by atoms with E-state index in [1.807, 2.05) is 0 Å². The van der Waals surface area contributed by atoms with E-state index >= 15 is 0 Å². The molecule has 0 bridgehead atoms. The smallest absolute Gasteiger partial charge is 0.161 e. The summed E-state index contributed by atoms with van der Waals surface area (Å²) < 4.78 is 19.3. The summed E-state index contributed by atoms with van der Waals surface area (Å²) in [7, 11) is 0. The molecule has 2 aromatic carbocycles. The van der Waals surface area contributed by atoms with Gasteiger partial charge in [0.2, 0.25) is 0 Å². The van der Waals surface area contributed by atoms with Crippen molar-refractivity contribution in [3.05, 3.63) is 52.3 Å². The summed E-state index contributed by atoms with van der Waals surface area (Å²) in [6.07, 6.45) is 0. The molecule has 3 nitrogen and oxygen atoms in total. The molecule has 0 aliphatic heterocycles. The van der Waals surface area contributed by atoms with Gasteiger partial charge in [-0.2, -0.15) is 0 Å². The molecule has 0 radical (unpaired) electrons. The van der Waals surface area contributed by atoms with Gasteiger partial charge in [-0.15, -0.1) is 0 Å². The Morgan fingerprint density at radius 2 is 1.95 bits per heavy atom. The second-order valence-electron chi connectivity index (χ2n) is 4.01. The van der Waals surface area contributed by atoms with Gasteiger partial charge in [0, 0.05) is 27.9 Å². The highest BCUT2D eigenvalue weighted by atomic mass is 79.9. The number of nitrogens with two attached hydrogens (primary N) is 1. The van der Waals surface area contributed by atoms with Gasteiger partial charge < -0.3 is 10.5 Å². The van der Waals surface area contributed by atoms with Crippen molar-refractivity contribution in [2.45, 2.75) is 6.92 Å². The zero-order valence-corrected chi connectivity index (χ0v) is 11.7. The number of rotatable bonds is 3. The van der Waals surface area contributed by atoms with Gasteiger partial charge in [0.1, 0.15) is 17.3 Å². The summed E-state index contributed by atoms with van der Waals surface area (Å²) in [5.74, 6) is 0.275. The van der Waals surface area contributed by atoms with Crippen LogP contribution in [-0.2, 0) is 0 Å². The number of carbonyl (C=O) groups excluding carboxylic acids is 1. The van der Waals surface area contributed by atoms with E-state index in [0.717, 1.165) is 0 Å². The van der Waals surface area contributed by atoms with Crippen LogP contribution < -0.4 is 10.5 Å². The number of anilines is 1. The maximum absolute atomic E-state index is 13.2. The first-order valence-corrected chi connectivity index (χ1v) is 6.29. The molecule has 98 valence electrons. The lowest BCUT2D eigenvalue weighted by Gasteiger charge is -2.09. The quantitative estimate of drug-likeness (QED) is 0.681. The Morgan fingerprint density at radius 1 is 1.21 bits per heavy atom. The molecule has 0 aliphatic carbocycles. The van der Waals surface area contributed by atoms with Crippen LogP contribution in [0.2, 0.25) is 0 Å². The van der Waals surface area contributed by atoms with Crippen molar-refractivity contribution >= 4 is 27.4 Å². The van der Waals surface area contributed by atoms with Crippen molar-refractivity contribution in [2.24, 2.45) is 0 Å². The molecule has 0 aromatic heterocycles. The van der Waals surface area contributed by atoms with Crippen LogP contribution in [0.5, 0.6) is 11.5 Å². The van der Waals surface area contributed by atoms with Crippen molar-refractivity contribution in [3.8, 4) is 11.5 Å². The molecular weight excluding hydrogens is 313 g/mol. The Hall–Kier alpha value is -1.88. The lowest BCUT2D eigenvalue weighted by atomic mass is 10.1. The van der Waals surface area contributed by atoms with Crippen LogP contribution in [-0.4, -0.2) is 5.78 Å². The summed E-state index contributed by atoms with van der Waals surface area (Å²) >= 11 is 3.18. The number of Topliss-reactive ketones (excluding diaryl/α,β-unsaturated/α-hetero) is 1. The average molecular weight is 324 g/mol. The highest BCUT2D eigenvalue weighted by Gasteiger charge is 2.07. The predicted octanol–water partition coefficient (Wildman–Crippen LogP) is 4.17. The molecule has 0 fully saturated rings. The molecule has 2 rings (SSSR count). The number of carbonyl (C=O) groups is 1. The fraction of sp³-hybridized carbons (Fsp3) is 0.0714. The van der Waals surface area contributed by atoms with E-state index in [1.165, 1.54) is 25.1 Å². The molecule has 0 unspecified atom stereocenters. The Labute approximate surface area is 118 Å². The van der Waals surface area contributed by atoms with Gasteiger partial charge in [-0.1, -0.05) is 15.9 Å². The minimum Gasteiger partial charge on any atom is -0.457 e. The number of hydrogen-bond acceptors (Lipinski definition) is 3. The van der Waals surface area contributed by atoms with Crippen molar-refractivity contribution < 1.29 is 13.9 Å². The predicted molar refractivity (Wildman–Crippen MR) is 75.0 cm³/mol. The minimum atomic E-state index is -0.405. The molecule has 5 heteroatoms. The van der Waals surface area contributed by atoms with Crippen LogP contribution >= 0.6 is 15.9 Å². The Morgan fingerprint density at radius 3 is 2.53 bits per heavy atom. The minimum absolute atomic E-state index is 0.113. The molecule has 0 spiro atoms. The first-order valence-electron chi connectivity index (χ1n) is 5.50. The summed E-state index contributed by atoms with van der Waals surface area (Å²) in [5.41, 5.74) is 6.52. The Balaban J connectivity index is 2.28. The summed E-state index contributed by atoms with van der Waals surface area (Å²) in [4.78, 5) is 11.2. The third-order valence-corrected chi connectivity index (χ3v) is 2.93. The van der Waals surface area contributed by atoms with Gasteiger partial charge >= 0.3 is 0 Å². The van der Waals surface area contributed by atoms with Crippen molar-refractivity contribution in [1.82, 2.24) is 0 Å². The van der Waals surface area contributed by atoms with Crippen LogP contribution in [0.15, 0.2) is 40.9 Å². The maximum Gasteiger partial charge on any atom is 0.161 e. The number of benzene rings is 2. The molecular formula is C14H11BrFNO2. The number of nitrogen functional groups attached to an aromatic ring is 1. The van der Waals surface area contributed by atoms with Crippen molar-refractivity contribution in [2.75, 3.05) is 5.73 Å². The van der Waals surface area contributed by atoms with Gasteiger partial charge in [0.15, 0.2) is 5.78 Å². The summed E-state index contributed by atoms with van der Waals surface area (Å²) in [6.45, 7) is 1.44. The fourth-order valence-electron chi connectivity index (χ4n) is 1.65. The largest absolute Gasteiger partial charge is 0.457 e. The van der Waals surface area contributed by atoms with E-state index in [2.05, 4.69) is 15.9 Å². The molecule has 0 aliphatic rings. The highest BCUT2D eigenvalue weighted by Crippen LogP contribution is 2.28. The van der Waals surface area contributed by atoms with E-state index in [0.29, 0.717) is 27.2 Å². The zero-order chi connectivity index (χ0) is 14.0. The first-order chi connectivity index (χ1) is 8.95. The second kappa shape index (κ2) is 5.40. The topological polar surface area (TPSA) is 52.3 Å². The fourth-order valence-corrected chi connectivity index (χ4v) is 2.09. The molecule has 2 N–H and O–H groups in total. The lowest BCUT2D eigenvalue weighted by molar-refractivity contribution is 0.101. The molecule has 0 saturated carbocycles. The van der Waals surface area contributed by atoms with Crippen LogP contribution in [0.25, 0.3) is 0 Å². The maximum atomic E-state index is 13.2. The zero-order valence-electron chi connectivity index (χ0n) is 10.1. The van der Waals surface area contributed by atoms with E-state index in [-0.39, 0.29) is 5.78 Å². The van der Waals surface area contributed by atoms with E-state index in [9.17, 15) is 9.18 Å². The van der Waals surface area contributed by atoms with Gasteiger partial charge in [-0.25, -0.2) is 4.39 Å². The van der Waals surface area contributed by atoms with Crippen LogP contribution in [0.4, 0.5) is 10.1 Å². The van der Waals surface area contributed by atoms with Crippen molar-refractivity contribution in [1.29, 1.82) is 0 Å². The molecule has 0 saturated heterocycles. The van der Waals surface area contributed by atoms with E-state index in [1.54, 1.807) is 18.2 Å². The van der Waals surface area contributed by atoms with Crippen LogP contribution in [0.1, 0.15) is 17.3 Å². The third-order valence-electron chi connectivity index (χ3n) is 2.47. The standard InChI is InChI=1S/C14H11BrFNO2/c1-8(18)13-3-2-11(7-14(13)17)19-12-5-9(15)4-10(16)6-12/h2-7H,17H2,1H3. The van der Waals surface area contributed by atoms with Crippen LogP contribution in [0.3, 0.4) is 0 Å². The Bertz CT molecular complexity index is 623. The Kier molecular flexibility index (Phi) is 3.85. The summed E-state index contributed by atoms with van der Waals surface area (Å²) in [5, 5.41) is 0. The number of ether oxygens (including phenoxy) is 1. The molecule has 0 amide bonds.